The van der Waals surface area contributed by atoms with Gasteiger partial charge in [-0.2, -0.15) is 0 Å². The van der Waals surface area contributed by atoms with Crippen molar-refractivity contribution in [3.63, 3.8) is 0 Å². The molecule has 0 spiro atoms. The molecule has 1 aliphatic heterocycles. The predicted molar refractivity (Wildman–Crippen MR) is 65.8 cm³/mol. The first-order valence-electron chi connectivity index (χ1n) is 5.69. The first-order chi connectivity index (χ1) is 7.68. The number of pyridine rings is 1. The third kappa shape index (κ3) is 2.15. The highest BCUT2D eigenvalue weighted by molar-refractivity contribution is 5.80. The molecule has 0 amide bonds. The van der Waals surface area contributed by atoms with Gasteiger partial charge in [0.2, 0.25) is 0 Å². The molecular weight excluding hydrogens is 200 g/mol. The lowest BCUT2D eigenvalue weighted by Crippen LogP contribution is -2.41. The molecule has 3 N–H and O–H groups in total. The van der Waals surface area contributed by atoms with Gasteiger partial charge in [0, 0.05) is 25.2 Å². The molecule has 1 aromatic rings. The average molecular weight is 218 g/mol. The van der Waals surface area contributed by atoms with Crippen molar-refractivity contribution in [2.24, 2.45) is 11.7 Å². The van der Waals surface area contributed by atoms with Crippen molar-refractivity contribution in [2.75, 3.05) is 18.0 Å². The molecule has 1 fully saturated rings. The second kappa shape index (κ2) is 4.51. The molecule has 0 aliphatic carbocycles. The van der Waals surface area contributed by atoms with Crippen molar-refractivity contribution in [3.05, 3.63) is 23.9 Å². The van der Waals surface area contributed by atoms with Crippen LogP contribution in [-0.4, -0.2) is 23.9 Å². The molecule has 1 aliphatic rings. The van der Waals surface area contributed by atoms with Crippen LogP contribution >= 0.6 is 0 Å². The molecule has 16 heavy (non-hydrogen) atoms. The van der Waals surface area contributed by atoms with Crippen LogP contribution in [0.2, 0.25) is 0 Å². The molecule has 0 radical (unpaired) electrons. The van der Waals surface area contributed by atoms with Crippen LogP contribution in [0.3, 0.4) is 0 Å². The number of piperidine rings is 1. The molecule has 1 unspecified atom stereocenters. The lowest BCUT2D eigenvalue weighted by atomic mass is 9.97. The van der Waals surface area contributed by atoms with E-state index >= 15 is 0 Å². The summed E-state index contributed by atoms with van der Waals surface area (Å²) in [4.78, 5) is 6.65. The zero-order chi connectivity index (χ0) is 11.5. The van der Waals surface area contributed by atoms with Crippen molar-refractivity contribution in [3.8, 4) is 0 Å². The number of aromatic nitrogens is 1. The van der Waals surface area contributed by atoms with E-state index in [-0.39, 0.29) is 5.92 Å². The first-order valence-corrected chi connectivity index (χ1v) is 5.69. The van der Waals surface area contributed by atoms with E-state index in [4.69, 9.17) is 11.1 Å². The van der Waals surface area contributed by atoms with Crippen LogP contribution < -0.4 is 10.6 Å². The number of hydrogen-bond acceptors (Lipinski definition) is 3. The van der Waals surface area contributed by atoms with Gasteiger partial charge in [-0.25, -0.2) is 4.98 Å². The largest absolute Gasteiger partial charge is 0.387 e. The summed E-state index contributed by atoms with van der Waals surface area (Å²) in [6.07, 6.45) is 3.93. The highest BCUT2D eigenvalue weighted by Crippen LogP contribution is 2.23. The number of hydrogen-bond donors (Lipinski definition) is 2. The second-order valence-corrected chi connectivity index (χ2v) is 4.38. The molecule has 1 saturated heterocycles. The van der Waals surface area contributed by atoms with E-state index in [0.29, 0.717) is 5.84 Å². The maximum absolute atomic E-state index is 7.53. The standard InChI is InChI=1S/C12H18N4/c1-9-4-2-6-15-12(9)16-7-3-5-10(8-16)11(13)14/h2,4,6,10H,3,5,7-8H2,1H3,(H3,13,14). The predicted octanol–water partition coefficient (Wildman–Crippen LogP) is 1.54. The Bertz CT molecular complexity index is 388. The van der Waals surface area contributed by atoms with Crippen molar-refractivity contribution in [2.45, 2.75) is 19.8 Å². The fraction of sp³-hybridized carbons (Fsp3) is 0.500. The molecule has 1 aromatic heterocycles. The second-order valence-electron chi connectivity index (χ2n) is 4.38. The van der Waals surface area contributed by atoms with Gasteiger partial charge in [0.15, 0.2) is 0 Å². The summed E-state index contributed by atoms with van der Waals surface area (Å²) in [5.41, 5.74) is 6.77. The fourth-order valence-electron chi connectivity index (χ4n) is 2.23. The van der Waals surface area contributed by atoms with Crippen LogP contribution in [0.25, 0.3) is 0 Å². The number of rotatable bonds is 2. The van der Waals surface area contributed by atoms with E-state index in [1.54, 1.807) is 0 Å². The van der Waals surface area contributed by atoms with Crippen LogP contribution in [0, 0.1) is 18.3 Å². The van der Waals surface area contributed by atoms with E-state index in [2.05, 4.69) is 22.9 Å². The summed E-state index contributed by atoms with van der Waals surface area (Å²) in [5, 5.41) is 7.53. The lowest BCUT2D eigenvalue weighted by Gasteiger charge is -2.33. The molecule has 0 bridgehead atoms. The van der Waals surface area contributed by atoms with Gasteiger partial charge in [0.25, 0.3) is 0 Å². The Morgan fingerprint density at radius 1 is 1.62 bits per heavy atom. The van der Waals surface area contributed by atoms with Crippen LogP contribution in [0.15, 0.2) is 18.3 Å². The normalized spacial score (nSPS) is 20.8. The lowest BCUT2D eigenvalue weighted by molar-refractivity contribution is 0.499. The zero-order valence-electron chi connectivity index (χ0n) is 9.61. The molecule has 86 valence electrons. The summed E-state index contributed by atoms with van der Waals surface area (Å²) >= 11 is 0. The van der Waals surface area contributed by atoms with Crippen LogP contribution in [-0.2, 0) is 0 Å². The Morgan fingerprint density at radius 3 is 3.12 bits per heavy atom. The number of amidine groups is 1. The van der Waals surface area contributed by atoms with Crippen molar-refractivity contribution < 1.29 is 0 Å². The van der Waals surface area contributed by atoms with Gasteiger partial charge in [-0.3, -0.25) is 5.41 Å². The van der Waals surface area contributed by atoms with Gasteiger partial charge in [-0.15, -0.1) is 0 Å². The van der Waals surface area contributed by atoms with E-state index in [9.17, 15) is 0 Å². The molecule has 4 heteroatoms. The van der Waals surface area contributed by atoms with Gasteiger partial charge >= 0.3 is 0 Å². The van der Waals surface area contributed by atoms with Gasteiger partial charge < -0.3 is 10.6 Å². The van der Waals surface area contributed by atoms with E-state index in [1.165, 1.54) is 5.56 Å². The number of anilines is 1. The summed E-state index contributed by atoms with van der Waals surface area (Å²) < 4.78 is 0. The third-order valence-electron chi connectivity index (χ3n) is 3.14. The van der Waals surface area contributed by atoms with Gasteiger partial charge in [0.05, 0.1) is 5.84 Å². The molecule has 1 atom stereocenters. The minimum Gasteiger partial charge on any atom is -0.387 e. The fourth-order valence-corrected chi connectivity index (χ4v) is 2.23. The Balaban J connectivity index is 2.16. The number of aryl methyl sites for hydroxylation is 1. The van der Waals surface area contributed by atoms with Crippen LogP contribution in [0.4, 0.5) is 5.82 Å². The molecule has 2 rings (SSSR count). The van der Waals surface area contributed by atoms with Crippen molar-refractivity contribution in [1.29, 1.82) is 5.41 Å². The molecule has 4 nitrogen and oxygen atoms in total. The average Bonchev–Trinajstić information content (AvgIpc) is 2.30. The zero-order valence-corrected chi connectivity index (χ0v) is 9.61. The van der Waals surface area contributed by atoms with Gasteiger partial charge in [-0.1, -0.05) is 6.07 Å². The molecule has 2 heterocycles. The minimum atomic E-state index is 0.190. The van der Waals surface area contributed by atoms with Gasteiger partial charge in [0.1, 0.15) is 5.82 Å². The summed E-state index contributed by atoms with van der Waals surface area (Å²) in [5.74, 6) is 1.53. The van der Waals surface area contributed by atoms with E-state index in [1.807, 2.05) is 12.3 Å². The maximum atomic E-state index is 7.53. The maximum Gasteiger partial charge on any atom is 0.131 e. The number of nitrogens with zero attached hydrogens (tertiary/aromatic N) is 2. The third-order valence-corrected chi connectivity index (χ3v) is 3.14. The van der Waals surface area contributed by atoms with Crippen molar-refractivity contribution in [1.82, 2.24) is 4.98 Å². The van der Waals surface area contributed by atoms with E-state index < -0.39 is 0 Å². The Kier molecular flexibility index (Phi) is 3.08. The molecule has 0 saturated carbocycles. The summed E-state index contributed by atoms with van der Waals surface area (Å²) in [6, 6.07) is 4.02. The highest BCUT2D eigenvalue weighted by atomic mass is 15.2. The molecular formula is C12H18N4. The van der Waals surface area contributed by atoms with Crippen molar-refractivity contribution >= 4 is 11.7 Å². The summed E-state index contributed by atoms with van der Waals surface area (Å²) in [7, 11) is 0. The number of nitrogens with one attached hydrogen (secondary N) is 1. The number of nitrogens with two attached hydrogens (primary N) is 1. The summed E-state index contributed by atoms with van der Waals surface area (Å²) in [6.45, 7) is 3.91. The SMILES string of the molecule is Cc1cccnc1N1CCCC(C(=N)N)C1. The highest BCUT2D eigenvalue weighted by Gasteiger charge is 2.23. The quantitative estimate of drug-likeness (QED) is 0.584. The van der Waals surface area contributed by atoms with E-state index in [0.717, 1.165) is 31.7 Å². The Morgan fingerprint density at radius 2 is 2.44 bits per heavy atom. The van der Waals surface area contributed by atoms with Crippen LogP contribution in [0.5, 0.6) is 0 Å². The Hall–Kier alpha value is -1.58. The minimum absolute atomic E-state index is 0.190. The Labute approximate surface area is 96.0 Å². The van der Waals surface area contributed by atoms with Crippen LogP contribution in [0.1, 0.15) is 18.4 Å². The topological polar surface area (TPSA) is 66.0 Å². The molecule has 0 aromatic carbocycles. The smallest absolute Gasteiger partial charge is 0.131 e. The first kappa shape index (κ1) is 10.9. The monoisotopic (exact) mass is 218 g/mol. The van der Waals surface area contributed by atoms with Gasteiger partial charge in [-0.05, 0) is 31.4 Å².